The summed E-state index contributed by atoms with van der Waals surface area (Å²) in [6.45, 7) is 0.645. The second-order valence-corrected chi connectivity index (χ2v) is 6.36. The van der Waals surface area contributed by atoms with E-state index in [1.54, 1.807) is 34.9 Å². The minimum atomic E-state index is -0.314. The number of hydrogen-bond acceptors (Lipinski definition) is 2. The predicted molar refractivity (Wildman–Crippen MR) is 83.4 cm³/mol. The summed E-state index contributed by atoms with van der Waals surface area (Å²) in [6, 6.07) is 12.3. The molecule has 0 N–H and O–H groups in total. The van der Waals surface area contributed by atoms with E-state index in [1.165, 1.54) is 24.3 Å². The van der Waals surface area contributed by atoms with E-state index < -0.39 is 0 Å². The van der Waals surface area contributed by atoms with E-state index in [1.807, 2.05) is 6.07 Å². The molecule has 1 atom stereocenters. The summed E-state index contributed by atoms with van der Waals surface area (Å²) in [4.78, 5) is 14.3. The quantitative estimate of drug-likeness (QED) is 0.858. The first-order valence-electron chi connectivity index (χ1n) is 7.04. The third kappa shape index (κ3) is 3.30. The molecule has 2 aromatic rings. The van der Waals surface area contributed by atoms with E-state index in [0.29, 0.717) is 6.54 Å². The summed E-state index contributed by atoms with van der Waals surface area (Å²) >= 11 is 1.63. The van der Waals surface area contributed by atoms with Crippen molar-refractivity contribution in [2.45, 2.75) is 11.8 Å². The molecule has 0 aliphatic carbocycles. The Morgan fingerprint density at radius 3 is 2.64 bits per heavy atom. The van der Waals surface area contributed by atoms with Crippen LogP contribution in [-0.2, 0) is 11.2 Å². The molecular formula is C17H15F2NOS. The van der Waals surface area contributed by atoms with Crippen molar-refractivity contribution in [3.8, 4) is 0 Å². The molecule has 1 heterocycles. The number of thioether (sulfide) groups is 1. The van der Waals surface area contributed by atoms with Gasteiger partial charge in [-0.05, 0) is 35.4 Å². The standard InChI is InChI=1S/C17H15F2NOS/c18-14-6-4-12(5-7-14)10-16(21)20-8-9-22-17(20)13-2-1-3-15(19)11-13/h1-7,11,17H,8-10H2. The Kier molecular flexibility index (Phi) is 4.43. The number of hydrogen-bond donors (Lipinski definition) is 0. The maximum absolute atomic E-state index is 13.4. The number of amides is 1. The monoisotopic (exact) mass is 319 g/mol. The zero-order chi connectivity index (χ0) is 15.5. The normalized spacial score (nSPS) is 17.7. The van der Waals surface area contributed by atoms with Gasteiger partial charge in [0.2, 0.25) is 5.91 Å². The molecule has 2 nitrogen and oxygen atoms in total. The Morgan fingerprint density at radius 2 is 1.91 bits per heavy atom. The Morgan fingerprint density at radius 1 is 1.14 bits per heavy atom. The van der Waals surface area contributed by atoms with Gasteiger partial charge in [0, 0.05) is 12.3 Å². The molecule has 5 heteroatoms. The van der Waals surface area contributed by atoms with Crippen LogP contribution in [0.3, 0.4) is 0 Å². The molecule has 0 spiro atoms. The molecule has 0 aromatic heterocycles. The zero-order valence-corrected chi connectivity index (χ0v) is 12.7. The third-order valence-corrected chi connectivity index (χ3v) is 4.87. The van der Waals surface area contributed by atoms with E-state index in [2.05, 4.69) is 0 Å². The van der Waals surface area contributed by atoms with Crippen molar-refractivity contribution in [1.29, 1.82) is 0 Å². The van der Waals surface area contributed by atoms with E-state index >= 15 is 0 Å². The van der Waals surface area contributed by atoms with Crippen LogP contribution in [0.15, 0.2) is 48.5 Å². The summed E-state index contributed by atoms with van der Waals surface area (Å²) < 4.78 is 26.3. The second-order valence-electron chi connectivity index (χ2n) is 5.17. The van der Waals surface area contributed by atoms with Gasteiger partial charge in [-0.1, -0.05) is 24.3 Å². The van der Waals surface area contributed by atoms with Gasteiger partial charge in [-0.25, -0.2) is 8.78 Å². The fourth-order valence-corrected chi connectivity index (χ4v) is 3.81. The van der Waals surface area contributed by atoms with Crippen molar-refractivity contribution in [2.24, 2.45) is 0 Å². The fourth-order valence-electron chi connectivity index (χ4n) is 2.54. The molecule has 1 fully saturated rings. The molecule has 0 radical (unpaired) electrons. The summed E-state index contributed by atoms with van der Waals surface area (Å²) in [5.74, 6) is 0.198. The van der Waals surface area contributed by atoms with Gasteiger partial charge >= 0.3 is 0 Å². The Balaban J connectivity index is 1.75. The second kappa shape index (κ2) is 6.48. The Bertz CT molecular complexity index is 675. The number of halogens is 2. The molecule has 1 amide bonds. The van der Waals surface area contributed by atoms with Crippen LogP contribution < -0.4 is 0 Å². The van der Waals surface area contributed by atoms with Gasteiger partial charge in [-0.2, -0.15) is 0 Å². The van der Waals surface area contributed by atoms with E-state index in [9.17, 15) is 13.6 Å². The van der Waals surface area contributed by atoms with Gasteiger partial charge in [-0.3, -0.25) is 4.79 Å². The minimum absolute atomic E-state index is 0.0223. The van der Waals surface area contributed by atoms with Crippen molar-refractivity contribution in [3.05, 3.63) is 71.3 Å². The third-order valence-electron chi connectivity index (χ3n) is 3.61. The van der Waals surface area contributed by atoms with Crippen molar-refractivity contribution >= 4 is 17.7 Å². The average molecular weight is 319 g/mol. The maximum Gasteiger partial charge on any atom is 0.228 e. The van der Waals surface area contributed by atoms with Crippen LogP contribution in [0.4, 0.5) is 8.78 Å². The maximum atomic E-state index is 13.4. The predicted octanol–water partition coefficient (Wildman–Crippen LogP) is 3.78. The van der Waals surface area contributed by atoms with Crippen LogP contribution in [0.25, 0.3) is 0 Å². The Hall–Kier alpha value is -1.88. The van der Waals surface area contributed by atoms with Gasteiger partial charge in [0.25, 0.3) is 0 Å². The summed E-state index contributed by atoms with van der Waals surface area (Å²) in [6.07, 6.45) is 0.229. The molecular weight excluding hydrogens is 304 g/mol. The van der Waals surface area contributed by atoms with E-state index in [-0.39, 0.29) is 29.3 Å². The van der Waals surface area contributed by atoms with E-state index in [0.717, 1.165) is 16.9 Å². The lowest BCUT2D eigenvalue weighted by atomic mass is 10.1. The highest BCUT2D eigenvalue weighted by Crippen LogP contribution is 2.38. The van der Waals surface area contributed by atoms with Crippen LogP contribution in [0.1, 0.15) is 16.5 Å². The first kappa shape index (κ1) is 15.0. The van der Waals surface area contributed by atoms with Crippen molar-refractivity contribution in [3.63, 3.8) is 0 Å². The van der Waals surface area contributed by atoms with Crippen molar-refractivity contribution in [2.75, 3.05) is 12.3 Å². The Labute approximate surface area is 132 Å². The minimum Gasteiger partial charge on any atom is -0.325 e. The lowest BCUT2D eigenvalue weighted by Crippen LogP contribution is -2.31. The van der Waals surface area contributed by atoms with Crippen LogP contribution in [0.2, 0.25) is 0 Å². The van der Waals surface area contributed by atoms with Crippen molar-refractivity contribution in [1.82, 2.24) is 4.90 Å². The smallest absolute Gasteiger partial charge is 0.228 e. The van der Waals surface area contributed by atoms with Gasteiger partial charge in [0.1, 0.15) is 17.0 Å². The van der Waals surface area contributed by atoms with Crippen LogP contribution >= 0.6 is 11.8 Å². The molecule has 0 bridgehead atoms. The van der Waals surface area contributed by atoms with Crippen molar-refractivity contribution < 1.29 is 13.6 Å². The summed E-state index contributed by atoms with van der Waals surface area (Å²) in [5.41, 5.74) is 1.58. The van der Waals surface area contributed by atoms with Gasteiger partial charge < -0.3 is 4.90 Å². The molecule has 114 valence electrons. The molecule has 1 aliphatic heterocycles. The highest BCUT2D eigenvalue weighted by molar-refractivity contribution is 7.99. The molecule has 0 saturated carbocycles. The summed E-state index contributed by atoms with van der Waals surface area (Å²) in [5, 5.41) is -0.149. The number of rotatable bonds is 3. The molecule has 2 aromatic carbocycles. The molecule has 1 saturated heterocycles. The van der Waals surface area contributed by atoms with Gasteiger partial charge in [0.05, 0.1) is 6.42 Å². The number of carbonyl (C=O) groups excluding carboxylic acids is 1. The fraction of sp³-hybridized carbons (Fsp3) is 0.235. The number of carbonyl (C=O) groups is 1. The zero-order valence-electron chi connectivity index (χ0n) is 11.8. The molecule has 22 heavy (non-hydrogen) atoms. The van der Waals surface area contributed by atoms with Crippen LogP contribution in [0, 0.1) is 11.6 Å². The highest BCUT2D eigenvalue weighted by atomic mass is 32.2. The topological polar surface area (TPSA) is 20.3 Å². The van der Waals surface area contributed by atoms with Crippen LogP contribution in [0.5, 0.6) is 0 Å². The molecule has 1 aliphatic rings. The largest absolute Gasteiger partial charge is 0.325 e. The number of benzene rings is 2. The lowest BCUT2D eigenvalue weighted by molar-refractivity contribution is -0.130. The first-order valence-corrected chi connectivity index (χ1v) is 8.09. The average Bonchev–Trinajstić information content (AvgIpc) is 2.99. The summed E-state index contributed by atoms with van der Waals surface area (Å²) in [7, 11) is 0. The van der Waals surface area contributed by atoms with E-state index in [4.69, 9.17) is 0 Å². The molecule has 3 rings (SSSR count). The highest BCUT2D eigenvalue weighted by Gasteiger charge is 2.30. The van der Waals surface area contributed by atoms with Gasteiger partial charge in [0.15, 0.2) is 0 Å². The van der Waals surface area contributed by atoms with Crippen LogP contribution in [-0.4, -0.2) is 23.1 Å². The molecule has 1 unspecified atom stereocenters. The van der Waals surface area contributed by atoms with Gasteiger partial charge in [-0.15, -0.1) is 11.8 Å². The number of nitrogens with zero attached hydrogens (tertiary/aromatic N) is 1. The first-order chi connectivity index (χ1) is 10.6. The lowest BCUT2D eigenvalue weighted by Gasteiger charge is -2.24. The SMILES string of the molecule is O=C(Cc1ccc(F)cc1)N1CCSC1c1cccc(F)c1.